The first-order chi connectivity index (χ1) is 11.3. The predicted octanol–water partition coefficient (Wildman–Crippen LogP) is 4.55. The normalized spacial score (nSPS) is 10.7. The number of hydrogen-bond donors (Lipinski definition) is 1. The Hall–Kier alpha value is -2.33. The van der Waals surface area contributed by atoms with Crippen molar-refractivity contribution in [2.45, 2.75) is 12.8 Å². The molecule has 0 fully saturated rings. The van der Waals surface area contributed by atoms with Crippen LogP contribution in [0.5, 0.6) is 5.75 Å². The number of para-hydroxylation sites is 2. The lowest BCUT2D eigenvalue weighted by molar-refractivity contribution is 0.308. The zero-order valence-electron chi connectivity index (χ0n) is 12.7. The lowest BCUT2D eigenvalue weighted by atomic mass is 10.2. The number of anilines is 1. The van der Waals surface area contributed by atoms with Crippen LogP contribution in [0.25, 0.3) is 10.9 Å². The van der Waals surface area contributed by atoms with Crippen LogP contribution in [0.1, 0.15) is 12.8 Å². The number of benzene rings is 2. The van der Waals surface area contributed by atoms with Crippen LogP contribution in [-0.2, 0) is 0 Å². The van der Waals surface area contributed by atoms with E-state index >= 15 is 0 Å². The Kier molecular flexibility index (Phi) is 5.27. The maximum absolute atomic E-state index is 6.05. The van der Waals surface area contributed by atoms with Crippen LogP contribution in [0, 0.1) is 0 Å². The van der Waals surface area contributed by atoms with E-state index in [0.717, 1.165) is 41.9 Å². The van der Waals surface area contributed by atoms with E-state index in [4.69, 9.17) is 16.3 Å². The van der Waals surface area contributed by atoms with Crippen LogP contribution >= 0.6 is 11.6 Å². The first kappa shape index (κ1) is 15.6. The molecule has 1 aromatic heterocycles. The van der Waals surface area contributed by atoms with Gasteiger partial charge in [0.25, 0.3) is 0 Å². The van der Waals surface area contributed by atoms with Crippen molar-refractivity contribution < 1.29 is 4.74 Å². The number of unbranched alkanes of at least 4 members (excludes halogenated alkanes) is 1. The van der Waals surface area contributed by atoms with Gasteiger partial charge in [0.1, 0.15) is 17.9 Å². The minimum absolute atomic E-state index is 0.649. The van der Waals surface area contributed by atoms with Crippen LogP contribution in [-0.4, -0.2) is 23.1 Å². The summed E-state index contributed by atoms with van der Waals surface area (Å²) in [4.78, 5) is 8.57. The zero-order valence-corrected chi connectivity index (χ0v) is 13.5. The fourth-order valence-electron chi connectivity index (χ4n) is 2.32. The van der Waals surface area contributed by atoms with Gasteiger partial charge < -0.3 is 10.1 Å². The van der Waals surface area contributed by atoms with E-state index in [2.05, 4.69) is 15.3 Å². The lowest BCUT2D eigenvalue weighted by Crippen LogP contribution is -2.06. The van der Waals surface area contributed by atoms with Gasteiger partial charge in [0.2, 0.25) is 0 Å². The van der Waals surface area contributed by atoms with Gasteiger partial charge in [0.05, 0.1) is 17.1 Å². The van der Waals surface area contributed by atoms with Crippen molar-refractivity contribution in [1.82, 2.24) is 9.97 Å². The summed E-state index contributed by atoms with van der Waals surface area (Å²) < 4.78 is 5.67. The van der Waals surface area contributed by atoms with Gasteiger partial charge in [-0.1, -0.05) is 35.9 Å². The minimum atomic E-state index is 0.649. The van der Waals surface area contributed by atoms with Gasteiger partial charge in [-0.05, 0) is 37.1 Å². The third kappa shape index (κ3) is 4.11. The number of aromatic nitrogens is 2. The quantitative estimate of drug-likeness (QED) is 0.646. The molecule has 4 nitrogen and oxygen atoms in total. The second-order valence-corrected chi connectivity index (χ2v) is 5.56. The van der Waals surface area contributed by atoms with Gasteiger partial charge in [-0.2, -0.15) is 0 Å². The molecule has 0 amide bonds. The van der Waals surface area contributed by atoms with Crippen molar-refractivity contribution >= 4 is 28.3 Å². The van der Waals surface area contributed by atoms with Gasteiger partial charge in [-0.3, -0.25) is 0 Å². The molecule has 0 unspecified atom stereocenters. The summed E-state index contributed by atoms with van der Waals surface area (Å²) in [7, 11) is 0. The van der Waals surface area contributed by atoms with E-state index < -0.39 is 0 Å². The van der Waals surface area contributed by atoms with Crippen molar-refractivity contribution in [3.8, 4) is 5.75 Å². The molecule has 0 saturated heterocycles. The second kappa shape index (κ2) is 7.79. The largest absolute Gasteiger partial charge is 0.492 e. The summed E-state index contributed by atoms with van der Waals surface area (Å²) >= 11 is 6.05. The third-order valence-electron chi connectivity index (χ3n) is 3.50. The molecule has 0 bridgehead atoms. The molecule has 0 saturated carbocycles. The Bertz CT molecular complexity index is 774. The lowest BCUT2D eigenvalue weighted by Gasteiger charge is -2.09. The van der Waals surface area contributed by atoms with Gasteiger partial charge in [-0.25, -0.2) is 9.97 Å². The smallest absolute Gasteiger partial charge is 0.137 e. The minimum Gasteiger partial charge on any atom is -0.492 e. The summed E-state index contributed by atoms with van der Waals surface area (Å²) in [6, 6.07) is 15.5. The average Bonchev–Trinajstić information content (AvgIpc) is 2.59. The van der Waals surface area contributed by atoms with Crippen molar-refractivity contribution in [2.24, 2.45) is 0 Å². The number of halogens is 1. The number of ether oxygens (including phenoxy) is 1. The van der Waals surface area contributed by atoms with Gasteiger partial charge in [-0.15, -0.1) is 0 Å². The molecule has 3 aromatic rings. The van der Waals surface area contributed by atoms with Crippen LogP contribution < -0.4 is 10.1 Å². The average molecular weight is 328 g/mol. The highest BCUT2D eigenvalue weighted by molar-refractivity contribution is 6.32. The molecule has 0 aliphatic carbocycles. The summed E-state index contributed by atoms with van der Waals surface area (Å²) in [5.41, 5.74) is 0.951. The molecule has 23 heavy (non-hydrogen) atoms. The number of fused-ring (bicyclic) bond motifs is 1. The Balaban J connectivity index is 1.44. The number of nitrogens with one attached hydrogen (secondary N) is 1. The van der Waals surface area contributed by atoms with E-state index in [-0.39, 0.29) is 0 Å². The first-order valence-corrected chi connectivity index (χ1v) is 8.03. The van der Waals surface area contributed by atoms with Crippen molar-refractivity contribution in [1.29, 1.82) is 0 Å². The van der Waals surface area contributed by atoms with E-state index in [1.165, 1.54) is 0 Å². The second-order valence-electron chi connectivity index (χ2n) is 5.15. The molecule has 1 heterocycles. The van der Waals surface area contributed by atoms with Crippen LogP contribution in [0.4, 0.5) is 5.82 Å². The Morgan fingerprint density at radius 3 is 2.70 bits per heavy atom. The monoisotopic (exact) mass is 327 g/mol. The molecule has 1 N–H and O–H groups in total. The van der Waals surface area contributed by atoms with Gasteiger partial charge in [0.15, 0.2) is 0 Å². The molecule has 0 radical (unpaired) electrons. The zero-order chi connectivity index (χ0) is 15.9. The molecule has 3 rings (SSSR count). The van der Waals surface area contributed by atoms with Crippen LogP contribution in [0.15, 0.2) is 54.9 Å². The summed E-state index contributed by atoms with van der Waals surface area (Å²) in [5.74, 6) is 1.62. The van der Waals surface area contributed by atoms with Crippen molar-refractivity contribution in [3.63, 3.8) is 0 Å². The van der Waals surface area contributed by atoms with E-state index in [1.54, 1.807) is 6.33 Å². The van der Waals surface area contributed by atoms with Crippen LogP contribution in [0.3, 0.4) is 0 Å². The highest BCUT2D eigenvalue weighted by Crippen LogP contribution is 2.23. The standard InChI is InChI=1S/C18H18ClN3O/c19-15-8-2-4-10-17(15)23-12-6-5-11-20-18-14-7-1-3-9-16(14)21-13-22-18/h1-4,7-10,13H,5-6,11-12H2,(H,20,21,22). The van der Waals surface area contributed by atoms with Crippen molar-refractivity contribution in [3.05, 3.63) is 59.9 Å². The van der Waals surface area contributed by atoms with Crippen LogP contribution in [0.2, 0.25) is 5.02 Å². The van der Waals surface area contributed by atoms with Gasteiger partial charge in [0, 0.05) is 11.9 Å². The van der Waals surface area contributed by atoms with Crippen molar-refractivity contribution in [2.75, 3.05) is 18.5 Å². The number of nitrogens with zero attached hydrogens (tertiary/aromatic N) is 2. The maximum Gasteiger partial charge on any atom is 0.137 e. The van der Waals surface area contributed by atoms with E-state index in [0.29, 0.717) is 11.6 Å². The number of hydrogen-bond acceptors (Lipinski definition) is 4. The highest BCUT2D eigenvalue weighted by atomic mass is 35.5. The fraction of sp³-hybridized carbons (Fsp3) is 0.222. The molecule has 0 atom stereocenters. The molecular weight excluding hydrogens is 310 g/mol. The third-order valence-corrected chi connectivity index (χ3v) is 3.81. The van der Waals surface area contributed by atoms with E-state index in [9.17, 15) is 0 Å². The molecule has 0 spiro atoms. The molecule has 0 aliphatic heterocycles. The molecule has 5 heteroatoms. The molecule has 118 valence electrons. The summed E-state index contributed by atoms with van der Waals surface area (Å²) in [6.07, 6.45) is 3.52. The van der Waals surface area contributed by atoms with Gasteiger partial charge >= 0.3 is 0 Å². The SMILES string of the molecule is Clc1ccccc1OCCCCNc1ncnc2ccccc12. The molecule has 0 aliphatic rings. The Morgan fingerprint density at radius 1 is 0.957 bits per heavy atom. The first-order valence-electron chi connectivity index (χ1n) is 7.65. The maximum atomic E-state index is 6.05. The highest BCUT2D eigenvalue weighted by Gasteiger charge is 2.02. The Labute approximate surface area is 140 Å². The molecular formula is C18H18ClN3O. The topological polar surface area (TPSA) is 47.0 Å². The summed E-state index contributed by atoms with van der Waals surface area (Å²) in [6.45, 7) is 1.49. The van der Waals surface area contributed by atoms with E-state index in [1.807, 2.05) is 48.5 Å². The Morgan fingerprint density at radius 2 is 1.78 bits per heavy atom. The summed E-state index contributed by atoms with van der Waals surface area (Å²) in [5, 5.41) is 5.06. The predicted molar refractivity (Wildman–Crippen MR) is 94.2 cm³/mol. The number of rotatable bonds is 7. The molecule has 2 aromatic carbocycles. The fourth-order valence-corrected chi connectivity index (χ4v) is 2.51.